The molecular formula is C20H22N4O7. The van der Waals surface area contributed by atoms with Crippen molar-refractivity contribution in [2.24, 2.45) is 5.10 Å². The molecule has 0 aliphatic rings. The molecular weight excluding hydrogens is 408 g/mol. The Hall–Kier alpha value is -4.15. The zero-order valence-electron chi connectivity index (χ0n) is 17.4. The maximum atomic E-state index is 12.3. The molecule has 0 saturated carbocycles. The number of carbonyl (C=O) groups is 2. The number of ether oxygens (including phenoxy) is 3. The second-order valence-electron chi connectivity index (χ2n) is 6.22. The Morgan fingerprint density at radius 3 is 2.29 bits per heavy atom. The van der Waals surface area contributed by atoms with Gasteiger partial charge in [-0.05, 0) is 31.2 Å². The molecule has 0 bridgehead atoms. The van der Waals surface area contributed by atoms with Crippen LogP contribution in [0.1, 0.15) is 23.7 Å². The number of anilines is 1. The third-order valence-corrected chi connectivity index (χ3v) is 4.08. The van der Waals surface area contributed by atoms with Gasteiger partial charge in [0.2, 0.25) is 5.91 Å². The number of non-ortho nitro benzene ring substituents is 1. The minimum Gasteiger partial charge on any atom is -0.494 e. The lowest BCUT2D eigenvalue weighted by Gasteiger charge is -2.10. The summed E-state index contributed by atoms with van der Waals surface area (Å²) in [6.07, 6.45) is -0.119. The molecule has 0 spiro atoms. The maximum absolute atomic E-state index is 12.3. The van der Waals surface area contributed by atoms with Crippen molar-refractivity contribution >= 4 is 28.9 Å². The minimum atomic E-state index is -0.563. The van der Waals surface area contributed by atoms with Gasteiger partial charge in [-0.25, -0.2) is 5.43 Å². The Morgan fingerprint density at radius 1 is 1.00 bits per heavy atom. The van der Waals surface area contributed by atoms with E-state index < -0.39 is 16.7 Å². The quantitative estimate of drug-likeness (QED) is 0.354. The second kappa shape index (κ2) is 10.6. The van der Waals surface area contributed by atoms with Crippen LogP contribution in [0, 0.1) is 10.1 Å². The Labute approximate surface area is 178 Å². The standard InChI is InChI=1S/C20H22N4O7/c1-12(22-23-20(26)13-5-8-16(29-2)18(10-13)31-4)9-19(25)21-15-7-6-14(24(27)28)11-17(15)30-3/h5-8,10-11H,9H2,1-4H3,(H,21,25)(H,23,26)/b22-12+. The molecule has 0 fully saturated rings. The van der Waals surface area contributed by atoms with Crippen molar-refractivity contribution in [1.82, 2.24) is 5.43 Å². The van der Waals surface area contributed by atoms with Gasteiger partial charge in [0.15, 0.2) is 11.5 Å². The van der Waals surface area contributed by atoms with Gasteiger partial charge in [0, 0.05) is 17.3 Å². The lowest BCUT2D eigenvalue weighted by Crippen LogP contribution is -2.21. The number of hydrogen-bond donors (Lipinski definition) is 2. The number of hydrazone groups is 1. The third kappa shape index (κ3) is 6.16. The molecule has 11 heteroatoms. The lowest BCUT2D eigenvalue weighted by molar-refractivity contribution is -0.384. The van der Waals surface area contributed by atoms with Crippen molar-refractivity contribution in [3.63, 3.8) is 0 Å². The van der Waals surface area contributed by atoms with Crippen molar-refractivity contribution in [2.75, 3.05) is 26.6 Å². The summed E-state index contributed by atoms with van der Waals surface area (Å²) in [6.45, 7) is 1.57. The second-order valence-corrected chi connectivity index (χ2v) is 6.22. The van der Waals surface area contributed by atoms with Crippen LogP contribution in [0.5, 0.6) is 17.2 Å². The zero-order valence-corrected chi connectivity index (χ0v) is 17.4. The first-order valence-electron chi connectivity index (χ1n) is 8.96. The van der Waals surface area contributed by atoms with E-state index in [2.05, 4.69) is 15.8 Å². The fourth-order valence-electron chi connectivity index (χ4n) is 2.55. The van der Waals surface area contributed by atoms with Crippen LogP contribution in [-0.4, -0.2) is 43.8 Å². The largest absolute Gasteiger partial charge is 0.494 e. The summed E-state index contributed by atoms with van der Waals surface area (Å²) >= 11 is 0. The predicted molar refractivity (Wildman–Crippen MR) is 113 cm³/mol. The smallest absolute Gasteiger partial charge is 0.273 e. The molecule has 31 heavy (non-hydrogen) atoms. The van der Waals surface area contributed by atoms with Crippen LogP contribution in [0.15, 0.2) is 41.5 Å². The van der Waals surface area contributed by atoms with E-state index in [0.717, 1.165) is 0 Å². The minimum absolute atomic E-state index is 0.119. The van der Waals surface area contributed by atoms with E-state index >= 15 is 0 Å². The van der Waals surface area contributed by atoms with Gasteiger partial charge in [-0.3, -0.25) is 19.7 Å². The summed E-state index contributed by atoms with van der Waals surface area (Å²) in [6, 6.07) is 8.49. The molecule has 0 unspecified atom stereocenters. The highest BCUT2D eigenvalue weighted by molar-refractivity contribution is 6.06. The number of hydrogen-bond acceptors (Lipinski definition) is 8. The van der Waals surface area contributed by atoms with Crippen LogP contribution >= 0.6 is 0 Å². The summed E-state index contributed by atoms with van der Waals surface area (Å²) in [5, 5.41) is 17.4. The first kappa shape index (κ1) is 23.1. The molecule has 0 saturated heterocycles. The number of methoxy groups -OCH3 is 3. The van der Waals surface area contributed by atoms with Crippen LogP contribution < -0.4 is 25.0 Å². The number of rotatable bonds is 9. The van der Waals surface area contributed by atoms with E-state index in [1.165, 1.54) is 45.6 Å². The van der Waals surface area contributed by atoms with Crippen LogP contribution in [-0.2, 0) is 4.79 Å². The molecule has 2 aromatic rings. The molecule has 0 aliphatic heterocycles. The third-order valence-electron chi connectivity index (χ3n) is 4.08. The Morgan fingerprint density at radius 2 is 1.68 bits per heavy atom. The van der Waals surface area contributed by atoms with E-state index in [-0.39, 0.29) is 23.5 Å². The zero-order chi connectivity index (χ0) is 23.0. The highest BCUT2D eigenvalue weighted by Gasteiger charge is 2.14. The number of amides is 2. The first-order chi connectivity index (χ1) is 14.8. The summed E-state index contributed by atoms with van der Waals surface area (Å²) in [4.78, 5) is 34.8. The van der Waals surface area contributed by atoms with E-state index in [1.54, 1.807) is 19.1 Å². The number of nitro benzene ring substituents is 1. The van der Waals surface area contributed by atoms with Crippen molar-refractivity contribution in [3.05, 3.63) is 52.1 Å². The summed E-state index contributed by atoms with van der Waals surface area (Å²) in [5.41, 5.74) is 3.13. The van der Waals surface area contributed by atoms with Crippen LogP contribution in [0.4, 0.5) is 11.4 Å². The molecule has 11 nitrogen and oxygen atoms in total. The molecule has 0 heterocycles. The summed E-state index contributed by atoms with van der Waals surface area (Å²) in [5.74, 6) is 0.106. The molecule has 0 aliphatic carbocycles. The highest BCUT2D eigenvalue weighted by atomic mass is 16.6. The van der Waals surface area contributed by atoms with Gasteiger partial charge in [-0.15, -0.1) is 0 Å². The van der Waals surface area contributed by atoms with Gasteiger partial charge in [0.25, 0.3) is 11.6 Å². The van der Waals surface area contributed by atoms with Crippen LogP contribution in [0.2, 0.25) is 0 Å². The normalized spacial score (nSPS) is 10.8. The van der Waals surface area contributed by atoms with E-state index in [1.807, 2.05) is 0 Å². The fraction of sp³-hybridized carbons (Fsp3) is 0.250. The molecule has 164 valence electrons. The van der Waals surface area contributed by atoms with Crippen LogP contribution in [0.3, 0.4) is 0 Å². The van der Waals surface area contributed by atoms with Gasteiger partial charge in [-0.2, -0.15) is 5.10 Å². The molecule has 2 amide bonds. The Kier molecular flexibility index (Phi) is 7.89. The SMILES string of the molecule is COc1cc([N+](=O)[O-])ccc1NC(=O)C/C(C)=N/NC(=O)c1ccc(OC)c(OC)c1. The number of nitro groups is 1. The average molecular weight is 430 g/mol. The Balaban J connectivity index is 2.00. The van der Waals surface area contributed by atoms with Crippen molar-refractivity contribution in [2.45, 2.75) is 13.3 Å². The molecule has 0 atom stereocenters. The monoisotopic (exact) mass is 430 g/mol. The van der Waals surface area contributed by atoms with Crippen molar-refractivity contribution in [1.29, 1.82) is 0 Å². The topological polar surface area (TPSA) is 141 Å². The van der Waals surface area contributed by atoms with Crippen molar-refractivity contribution < 1.29 is 28.7 Å². The molecule has 2 rings (SSSR count). The molecule has 2 N–H and O–H groups in total. The van der Waals surface area contributed by atoms with Crippen molar-refractivity contribution in [3.8, 4) is 17.2 Å². The number of carbonyl (C=O) groups excluding carboxylic acids is 2. The molecule has 0 radical (unpaired) electrons. The van der Waals surface area contributed by atoms with Gasteiger partial charge < -0.3 is 19.5 Å². The average Bonchev–Trinajstić information content (AvgIpc) is 2.76. The van der Waals surface area contributed by atoms with E-state index in [0.29, 0.717) is 22.8 Å². The van der Waals surface area contributed by atoms with Gasteiger partial charge in [0.05, 0.1) is 44.4 Å². The fourth-order valence-corrected chi connectivity index (χ4v) is 2.55. The van der Waals surface area contributed by atoms with Gasteiger partial charge in [-0.1, -0.05) is 0 Å². The number of nitrogens with one attached hydrogen (secondary N) is 2. The predicted octanol–water partition coefficient (Wildman–Crippen LogP) is 2.76. The molecule has 0 aromatic heterocycles. The Bertz CT molecular complexity index is 1020. The summed E-state index contributed by atoms with van der Waals surface area (Å²) in [7, 11) is 4.29. The van der Waals surface area contributed by atoms with Crippen LogP contribution in [0.25, 0.3) is 0 Å². The first-order valence-corrected chi connectivity index (χ1v) is 8.96. The number of benzene rings is 2. The lowest BCUT2D eigenvalue weighted by atomic mass is 10.2. The summed E-state index contributed by atoms with van der Waals surface area (Å²) < 4.78 is 15.4. The number of nitrogens with zero attached hydrogens (tertiary/aromatic N) is 2. The van der Waals surface area contributed by atoms with Gasteiger partial charge >= 0.3 is 0 Å². The van der Waals surface area contributed by atoms with E-state index in [4.69, 9.17) is 14.2 Å². The highest BCUT2D eigenvalue weighted by Crippen LogP contribution is 2.29. The maximum Gasteiger partial charge on any atom is 0.273 e. The molecule has 2 aromatic carbocycles. The van der Waals surface area contributed by atoms with E-state index in [9.17, 15) is 19.7 Å². The van der Waals surface area contributed by atoms with Gasteiger partial charge in [0.1, 0.15) is 5.75 Å².